The largest absolute Gasteiger partial charge is 0.451 e. The maximum absolute atomic E-state index is 12.4. The highest BCUT2D eigenvalue weighted by molar-refractivity contribution is 7.14. The normalized spacial score (nSPS) is 19.2. The fraction of sp³-hybridized carbons (Fsp3) is 0.500. The number of nitrogens with zero attached hydrogens (tertiary/aromatic N) is 4. The second kappa shape index (κ2) is 8.26. The van der Waals surface area contributed by atoms with Gasteiger partial charge in [0.15, 0.2) is 6.61 Å². The van der Waals surface area contributed by atoms with Crippen molar-refractivity contribution in [1.29, 1.82) is 0 Å². The lowest BCUT2D eigenvalue weighted by Crippen LogP contribution is -2.50. The van der Waals surface area contributed by atoms with E-state index in [1.807, 2.05) is 11.0 Å². The minimum atomic E-state index is -0.392. The van der Waals surface area contributed by atoms with Gasteiger partial charge in [-0.25, -0.2) is 14.8 Å². The van der Waals surface area contributed by atoms with E-state index in [2.05, 4.69) is 16.9 Å². The van der Waals surface area contributed by atoms with Crippen LogP contribution in [0.2, 0.25) is 0 Å². The Balaban J connectivity index is 1.26. The second-order valence-corrected chi connectivity index (χ2v) is 8.54. The lowest BCUT2D eigenvalue weighted by molar-refractivity contribution is -0.134. The van der Waals surface area contributed by atoms with E-state index < -0.39 is 5.97 Å². The number of esters is 1. The molecule has 1 aliphatic carbocycles. The molecule has 1 fully saturated rings. The van der Waals surface area contributed by atoms with Crippen LogP contribution in [0.5, 0.6) is 0 Å². The molecule has 1 atom stereocenters. The van der Waals surface area contributed by atoms with E-state index in [9.17, 15) is 9.59 Å². The van der Waals surface area contributed by atoms with Gasteiger partial charge in [-0.2, -0.15) is 0 Å². The van der Waals surface area contributed by atoms with E-state index in [-0.39, 0.29) is 12.5 Å². The molecule has 0 aromatic carbocycles. The molecule has 8 heteroatoms. The van der Waals surface area contributed by atoms with E-state index in [0.717, 1.165) is 12.8 Å². The maximum atomic E-state index is 12.4. The number of thiophene rings is 1. The number of ether oxygens (including phenoxy) is 1. The fourth-order valence-corrected chi connectivity index (χ4v) is 4.81. The second-order valence-electron chi connectivity index (χ2n) is 7.40. The summed E-state index contributed by atoms with van der Waals surface area (Å²) in [7, 11) is 0. The Morgan fingerprint density at radius 1 is 1.21 bits per heavy atom. The number of piperazine rings is 1. The van der Waals surface area contributed by atoms with Gasteiger partial charge in [0.05, 0.1) is 0 Å². The summed E-state index contributed by atoms with van der Waals surface area (Å²) in [6.45, 7) is 4.50. The van der Waals surface area contributed by atoms with Gasteiger partial charge in [-0.15, -0.1) is 11.3 Å². The summed E-state index contributed by atoms with van der Waals surface area (Å²) in [6, 6.07) is 3.73. The van der Waals surface area contributed by atoms with Crippen LogP contribution in [0, 0.1) is 5.92 Å². The molecule has 2 aliphatic rings. The zero-order valence-corrected chi connectivity index (χ0v) is 16.8. The quantitative estimate of drug-likeness (QED) is 0.732. The Morgan fingerprint density at radius 3 is 2.71 bits per heavy atom. The van der Waals surface area contributed by atoms with Crippen molar-refractivity contribution < 1.29 is 14.3 Å². The van der Waals surface area contributed by atoms with Gasteiger partial charge >= 0.3 is 5.97 Å². The minimum absolute atomic E-state index is 0.156. The van der Waals surface area contributed by atoms with Crippen LogP contribution in [0.1, 0.15) is 33.5 Å². The zero-order valence-electron chi connectivity index (χ0n) is 16.0. The van der Waals surface area contributed by atoms with Gasteiger partial charge in [-0.1, -0.05) is 6.92 Å². The molecular formula is C20H24N4O3S. The number of carbonyl (C=O) groups is 2. The number of amides is 1. The number of hydrogen-bond donors (Lipinski definition) is 0. The number of aryl methyl sites for hydroxylation is 1. The van der Waals surface area contributed by atoms with Crippen LogP contribution in [0.4, 0.5) is 5.95 Å². The van der Waals surface area contributed by atoms with Crippen molar-refractivity contribution in [3.63, 3.8) is 0 Å². The van der Waals surface area contributed by atoms with Gasteiger partial charge in [-0.05, 0) is 42.9 Å². The molecule has 1 amide bonds. The van der Waals surface area contributed by atoms with E-state index >= 15 is 0 Å². The Hall–Kier alpha value is -2.48. The Kier molecular flexibility index (Phi) is 5.57. The molecule has 7 nitrogen and oxygen atoms in total. The van der Waals surface area contributed by atoms with Crippen molar-refractivity contribution in [3.05, 3.63) is 39.8 Å². The van der Waals surface area contributed by atoms with Crippen molar-refractivity contribution in [1.82, 2.24) is 14.9 Å². The van der Waals surface area contributed by atoms with Gasteiger partial charge in [-0.3, -0.25) is 4.79 Å². The lowest BCUT2D eigenvalue weighted by atomic mass is 9.90. The molecule has 0 saturated carbocycles. The molecule has 148 valence electrons. The molecule has 0 unspecified atom stereocenters. The SMILES string of the molecule is C[C@H]1CCc2sc(C(=O)OCC(=O)N3CCN(c4ncccn4)CC3)cc2C1. The highest BCUT2D eigenvalue weighted by atomic mass is 32.1. The van der Waals surface area contributed by atoms with Gasteiger partial charge in [0.1, 0.15) is 4.88 Å². The van der Waals surface area contributed by atoms with E-state index in [1.165, 1.54) is 28.2 Å². The first-order chi connectivity index (χ1) is 13.6. The molecule has 0 radical (unpaired) electrons. The van der Waals surface area contributed by atoms with Gasteiger partial charge in [0.25, 0.3) is 5.91 Å². The summed E-state index contributed by atoms with van der Waals surface area (Å²) in [6.07, 6.45) is 6.64. The monoisotopic (exact) mass is 400 g/mol. The molecule has 1 aliphatic heterocycles. The van der Waals surface area contributed by atoms with Crippen molar-refractivity contribution >= 4 is 29.2 Å². The third-order valence-corrected chi connectivity index (χ3v) is 6.54. The molecule has 0 N–H and O–H groups in total. The average molecular weight is 401 g/mol. The summed E-state index contributed by atoms with van der Waals surface area (Å²) >= 11 is 1.51. The van der Waals surface area contributed by atoms with Gasteiger partial charge < -0.3 is 14.5 Å². The molecule has 2 aromatic rings. The molecule has 1 saturated heterocycles. The summed E-state index contributed by atoms with van der Waals surface area (Å²) < 4.78 is 5.30. The van der Waals surface area contributed by atoms with Gasteiger partial charge in [0.2, 0.25) is 5.95 Å². The smallest absolute Gasteiger partial charge is 0.348 e. The molecular weight excluding hydrogens is 376 g/mol. The Morgan fingerprint density at radius 2 is 1.96 bits per heavy atom. The summed E-state index contributed by atoms with van der Waals surface area (Å²) in [4.78, 5) is 38.9. The van der Waals surface area contributed by atoms with Crippen LogP contribution in [-0.4, -0.2) is 59.5 Å². The van der Waals surface area contributed by atoms with Crippen molar-refractivity contribution in [3.8, 4) is 0 Å². The number of fused-ring (bicyclic) bond motifs is 1. The number of aromatic nitrogens is 2. The van der Waals surface area contributed by atoms with Crippen LogP contribution >= 0.6 is 11.3 Å². The van der Waals surface area contributed by atoms with E-state index in [1.54, 1.807) is 23.4 Å². The van der Waals surface area contributed by atoms with E-state index in [4.69, 9.17) is 4.74 Å². The summed E-state index contributed by atoms with van der Waals surface area (Å²) in [5, 5.41) is 0. The number of carbonyl (C=O) groups excluding carboxylic acids is 2. The van der Waals surface area contributed by atoms with Crippen molar-refractivity contribution in [2.45, 2.75) is 26.2 Å². The standard InChI is InChI=1S/C20H24N4O3S/c1-14-3-4-16-15(11-14)12-17(28-16)19(26)27-13-18(25)23-7-9-24(10-8-23)20-21-5-2-6-22-20/h2,5-6,12,14H,3-4,7-11,13H2,1H3/t14-/m0/s1. The number of anilines is 1. The summed E-state index contributed by atoms with van der Waals surface area (Å²) in [5.74, 6) is 0.790. The molecule has 0 bridgehead atoms. The fourth-order valence-electron chi connectivity index (χ4n) is 3.71. The van der Waals surface area contributed by atoms with E-state index in [0.29, 0.717) is 42.9 Å². The topological polar surface area (TPSA) is 75.6 Å². The predicted molar refractivity (Wildman–Crippen MR) is 107 cm³/mol. The molecule has 3 heterocycles. The van der Waals surface area contributed by atoms with Crippen molar-refractivity contribution in [2.24, 2.45) is 5.92 Å². The molecule has 28 heavy (non-hydrogen) atoms. The highest BCUT2D eigenvalue weighted by Crippen LogP contribution is 2.32. The van der Waals surface area contributed by atoms with Gasteiger partial charge in [0, 0.05) is 43.4 Å². The first kappa shape index (κ1) is 18.9. The Bertz CT molecular complexity index is 846. The first-order valence-electron chi connectivity index (χ1n) is 9.68. The van der Waals surface area contributed by atoms with Crippen LogP contribution in [0.3, 0.4) is 0 Å². The third-order valence-electron chi connectivity index (χ3n) is 5.32. The van der Waals surface area contributed by atoms with Crippen LogP contribution in [-0.2, 0) is 22.4 Å². The van der Waals surface area contributed by atoms with Crippen LogP contribution < -0.4 is 4.90 Å². The van der Waals surface area contributed by atoms with Crippen LogP contribution in [0.15, 0.2) is 24.5 Å². The molecule has 2 aromatic heterocycles. The highest BCUT2D eigenvalue weighted by Gasteiger charge is 2.25. The van der Waals surface area contributed by atoms with Crippen LogP contribution in [0.25, 0.3) is 0 Å². The Labute approximate surface area is 168 Å². The molecule has 0 spiro atoms. The minimum Gasteiger partial charge on any atom is -0.451 e. The first-order valence-corrected chi connectivity index (χ1v) is 10.5. The number of hydrogen-bond acceptors (Lipinski definition) is 7. The maximum Gasteiger partial charge on any atom is 0.348 e. The van der Waals surface area contributed by atoms with Crippen molar-refractivity contribution in [2.75, 3.05) is 37.7 Å². The zero-order chi connectivity index (χ0) is 19.5. The molecule has 4 rings (SSSR count). The number of rotatable bonds is 4. The summed E-state index contributed by atoms with van der Waals surface area (Å²) in [5.41, 5.74) is 1.27. The third kappa shape index (κ3) is 4.16. The average Bonchev–Trinajstić information content (AvgIpc) is 3.16. The lowest BCUT2D eigenvalue weighted by Gasteiger charge is -2.34. The predicted octanol–water partition coefficient (Wildman–Crippen LogP) is 2.17.